The first-order valence-electron chi connectivity index (χ1n) is 8.97. The molecule has 30 heavy (non-hydrogen) atoms. The highest BCUT2D eigenvalue weighted by molar-refractivity contribution is 5.74. The monoisotopic (exact) mass is 436 g/mol. The Bertz CT molecular complexity index is 930. The lowest BCUT2D eigenvalue weighted by atomic mass is 10.0. The first kappa shape index (κ1) is 21.9. The van der Waals surface area contributed by atoms with Crippen LogP contribution in [0.25, 0.3) is 0 Å². The molecular formula is C17H18F6N6O. The van der Waals surface area contributed by atoms with Gasteiger partial charge < -0.3 is 20.5 Å². The second-order valence-corrected chi connectivity index (χ2v) is 6.85. The number of fused-ring (bicyclic) bond motifs is 1. The van der Waals surface area contributed by atoms with Crippen LogP contribution < -0.4 is 11.1 Å². The fraction of sp³-hybridized carbons (Fsp3) is 0.471. The summed E-state index contributed by atoms with van der Waals surface area (Å²) in [6.45, 7) is -0.102. The number of aromatic nitrogens is 3. The van der Waals surface area contributed by atoms with E-state index in [2.05, 4.69) is 15.5 Å². The van der Waals surface area contributed by atoms with E-state index in [1.807, 2.05) is 0 Å². The summed E-state index contributed by atoms with van der Waals surface area (Å²) in [7, 11) is 0. The minimum Gasteiger partial charge on any atom is -0.338 e. The van der Waals surface area contributed by atoms with Gasteiger partial charge in [-0.15, -0.1) is 10.2 Å². The molecule has 13 heteroatoms. The number of benzene rings is 1. The number of hydrogen-bond donors (Lipinski definition) is 2. The Labute approximate surface area is 166 Å². The molecule has 0 spiro atoms. The number of rotatable bonds is 5. The maximum atomic E-state index is 13.7. The van der Waals surface area contributed by atoms with Crippen molar-refractivity contribution < 1.29 is 31.1 Å². The van der Waals surface area contributed by atoms with Crippen LogP contribution in [-0.2, 0) is 25.7 Å². The SMILES string of the molecule is N[C@@H](CCNC(=O)N1CCn2c(nnc2C(F)(F)F)C1)Cc1cc(F)c(F)cc1F. The van der Waals surface area contributed by atoms with Gasteiger partial charge in [-0.05, 0) is 24.5 Å². The topological polar surface area (TPSA) is 89.1 Å². The molecule has 0 radical (unpaired) electrons. The van der Waals surface area contributed by atoms with Gasteiger partial charge in [0, 0.05) is 31.7 Å². The van der Waals surface area contributed by atoms with Gasteiger partial charge in [-0.25, -0.2) is 18.0 Å². The molecule has 3 rings (SSSR count). The van der Waals surface area contributed by atoms with Crippen molar-refractivity contribution in [1.82, 2.24) is 25.0 Å². The van der Waals surface area contributed by atoms with Crippen LogP contribution in [0.4, 0.5) is 31.1 Å². The molecule has 2 aromatic rings. The number of carbonyl (C=O) groups excluding carboxylic acids is 1. The quantitative estimate of drug-likeness (QED) is 0.556. The summed E-state index contributed by atoms with van der Waals surface area (Å²) < 4.78 is 79.3. The van der Waals surface area contributed by atoms with E-state index in [0.717, 1.165) is 10.6 Å². The zero-order chi connectivity index (χ0) is 22.1. The summed E-state index contributed by atoms with van der Waals surface area (Å²) in [5.74, 6) is -4.47. The number of hydrogen-bond acceptors (Lipinski definition) is 4. The Kier molecular flexibility index (Phi) is 6.19. The molecule has 0 saturated carbocycles. The molecule has 1 aromatic carbocycles. The van der Waals surface area contributed by atoms with Crippen molar-refractivity contribution in [2.45, 2.75) is 38.1 Å². The van der Waals surface area contributed by atoms with E-state index < -0.39 is 41.5 Å². The van der Waals surface area contributed by atoms with Crippen molar-refractivity contribution in [3.63, 3.8) is 0 Å². The van der Waals surface area contributed by atoms with Crippen molar-refractivity contribution in [1.29, 1.82) is 0 Å². The molecule has 0 fully saturated rings. The van der Waals surface area contributed by atoms with E-state index in [-0.39, 0.29) is 50.4 Å². The number of nitrogens with one attached hydrogen (secondary N) is 1. The van der Waals surface area contributed by atoms with E-state index in [9.17, 15) is 31.1 Å². The van der Waals surface area contributed by atoms with Gasteiger partial charge in [-0.3, -0.25) is 0 Å². The van der Waals surface area contributed by atoms with Crippen LogP contribution in [0.2, 0.25) is 0 Å². The number of amides is 2. The summed E-state index contributed by atoms with van der Waals surface area (Å²) in [5, 5.41) is 9.20. The largest absolute Gasteiger partial charge is 0.451 e. The second-order valence-electron chi connectivity index (χ2n) is 6.85. The van der Waals surface area contributed by atoms with Crippen molar-refractivity contribution in [2.75, 3.05) is 13.1 Å². The third-order valence-electron chi connectivity index (χ3n) is 4.66. The van der Waals surface area contributed by atoms with Crippen LogP contribution >= 0.6 is 0 Å². The highest BCUT2D eigenvalue weighted by Crippen LogP contribution is 2.29. The second kappa shape index (κ2) is 8.50. The normalized spacial score (nSPS) is 15.1. The number of carbonyl (C=O) groups is 1. The first-order chi connectivity index (χ1) is 14.1. The van der Waals surface area contributed by atoms with E-state index >= 15 is 0 Å². The van der Waals surface area contributed by atoms with E-state index in [0.29, 0.717) is 6.07 Å². The molecule has 1 aliphatic rings. The molecular weight excluding hydrogens is 418 g/mol. The minimum absolute atomic E-state index is 0.0224. The lowest BCUT2D eigenvalue weighted by Crippen LogP contribution is -2.45. The molecule has 7 nitrogen and oxygen atoms in total. The molecule has 1 aromatic heterocycles. The number of halogens is 6. The van der Waals surface area contributed by atoms with Gasteiger partial charge in [0.1, 0.15) is 5.82 Å². The highest BCUT2D eigenvalue weighted by atomic mass is 19.4. The third-order valence-corrected chi connectivity index (χ3v) is 4.66. The molecule has 0 bridgehead atoms. The van der Waals surface area contributed by atoms with Crippen LogP contribution in [0.5, 0.6) is 0 Å². The van der Waals surface area contributed by atoms with E-state index in [4.69, 9.17) is 5.73 Å². The Morgan fingerprint density at radius 1 is 1.13 bits per heavy atom. The standard InChI is InChI=1S/C17H18F6N6O/c18-11-7-13(20)12(19)6-9(11)5-10(24)1-2-25-16(30)28-3-4-29-14(8-28)26-27-15(29)17(21,22)23/h6-7,10H,1-5,8,24H2,(H,25,30)/t10-/m0/s1. The maximum Gasteiger partial charge on any atom is 0.451 e. The molecule has 1 atom stereocenters. The predicted octanol–water partition coefficient (Wildman–Crippen LogP) is 2.20. The van der Waals surface area contributed by atoms with Gasteiger partial charge in [0.15, 0.2) is 17.5 Å². The van der Waals surface area contributed by atoms with Crippen molar-refractivity contribution in [3.05, 3.63) is 46.8 Å². The molecule has 164 valence electrons. The zero-order valence-electron chi connectivity index (χ0n) is 15.5. The minimum atomic E-state index is -4.63. The lowest BCUT2D eigenvalue weighted by molar-refractivity contribution is -0.147. The lowest BCUT2D eigenvalue weighted by Gasteiger charge is -2.28. The number of nitrogens with zero attached hydrogens (tertiary/aromatic N) is 4. The van der Waals surface area contributed by atoms with Gasteiger partial charge in [-0.1, -0.05) is 0 Å². The molecule has 0 saturated heterocycles. The van der Waals surface area contributed by atoms with Crippen molar-refractivity contribution in [2.24, 2.45) is 5.73 Å². The van der Waals surface area contributed by atoms with E-state index in [1.54, 1.807) is 0 Å². The fourth-order valence-corrected chi connectivity index (χ4v) is 3.12. The van der Waals surface area contributed by atoms with Gasteiger partial charge in [0.2, 0.25) is 5.82 Å². The van der Waals surface area contributed by atoms with Gasteiger partial charge in [0.25, 0.3) is 0 Å². The van der Waals surface area contributed by atoms with Gasteiger partial charge in [-0.2, -0.15) is 13.2 Å². The summed E-state index contributed by atoms with van der Waals surface area (Å²) in [5.41, 5.74) is 5.78. The van der Waals surface area contributed by atoms with Crippen LogP contribution in [0.1, 0.15) is 23.6 Å². The van der Waals surface area contributed by atoms with Crippen molar-refractivity contribution in [3.8, 4) is 0 Å². The Morgan fingerprint density at radius 2 is 1.83 bits per heavy atom. The van der Waals surface area contributed by atoms with Crippen LogP contribution in [-0.4, -0.2) is 44.8 Å². The Balaban J connectivity index is 1.48. The maximum absolute atomic E-state index is 13.7. The van der Waals surface area contributed by atoms with E-state index in [1.165, 1.54) is 4.90 Å². The Morgan fingerprint density at radius 3 is 2.53 bits per heavy atom. The third kappa shape index (κ3) is 4.83. The van der Waals surface area contributed by atoms with Crippen LogP contribution in [0.15, 0.2) is 12.1 Å². The number of nitrogens with two attached hydrogens (primary N) is 1. The van der Waals surface area contributed by atoms with Crippen molar-refractivity contribution >= 4 is 6.03 Å². The first-order valence-corrected chi connectivity index (χ1v) is 8.97. The molecule has 1 aliphatic heterocycles. The number of alkyl halides is 3. The summed E-state index contributed by atoms with van der Waals surface area (Å²) in [6.07, 6.45) is -4.48. The summed E-state index contributed by atoms with van der Waals surface area (Å²) in [4.78, 5) is 13.5. The average molecular weight is 436 g/mol. The molecule has 2 amide bonds. The number of urea groups is 1. The zero-order valence-corrected chi connectivity index (χ0v) is 15.5. The molecule has 0 unspecified atom stereocenters. The van der Waals surface area contributed by atoms with Gasteiger partial charge >= 0.3 is 12.2 Å². The Hall–Kier alpha value is -2.83. The molecule has 3 N–H and O–H groups in total. The van der Waals surface area contributed by atoms with Gasteiger partial charge in [0.05, 0.1) is 6.54 Å². The van der Waals surface area contributed by atoms with Crippen LogP contribution in [0, 0.1) is 17.5 Å². The highest BCUT2D eigenvalue weighted by Gasteiger charge is 2.39. The fourth-order valence-electron chi connectivity index (χ4n) is 3.12. The van der Waals surface area contributed by atoms with Crippen LogP contribution in [0.3, 0.4) is 0 Å². The molecule has 0 aliphatic carbocycles. The average Bonchev–Trinajstić information content (AvgIpc) is 3.09. The predicted molar refractivity (Wildman–Crippen MR) is 91.4 cm³/mol. The summed E-state index contributed by atoms with van der Waals surface area (Å²) >= 11 is 0. The summed E-state index contributed by atoms with van der Waals surface area (Å²) in [6, 6.07) is 0.0215. The smallest absolute Gasteiger partial charge is 0.338 e. The molecule has 2 heterocycles.